The van der Waals surface area contributed by atoms with E-state index in [1.807, 2.05) is 0 Å². The Labute approximate surface area is 173 Å². The molecule has 2 N–H and O–H groups in total. The van der Waals surface area contributed by atoms with Crippen LogP contribution in [0.1, 0.15) is 18.0 Å². The van der Waals surface area contributed by atoms with Crippen molar-refractivity contribution >= 4 is 23.3 Å². The zero-order chi connectivity index (χ0) is 20.8. The lowest BCUT2D eigenvalue weighted by atomic mass is 9.89. The van der Waals surface area contributed by atoms with Crippen molar-refractivity contribution in [2.24, 2.45) is 0 Å². The Bertz CT molecular complexity index is 805. The third-order valence-corrected chi connectivity index (χ3v) is 5.14. The minimum Gasteiger partial charge on any atom is -0.495 e. The Balaban J connectivity index is 1.71. The summed E-state index contributed by atoms with van der Waals surface area (Å²) in [6.07, 6.45) is -0.275. The summed E-state index contributed by atoms with van der Waals surface area (Å²) in [4.78, 5) is 18.6. The predicted molar refractivity (Wildman–Crippen MR) is 108 cm³/mol. The number of carbonyl (C=O) groups is 1. The lowest BCUT2D eigenvalue weighted by molar-refractivity contribution is 0.0671. The van der Waals surface area contributed by atoms with Gasteiger partial charge in [0.25, 0.3) is 6.43 Å². The molecule has 3 rings (SSSR count). The molecule has 0 aliphatic carbocycles. The maximum atomic E-state index is 12.9. The molecule has 29 heavy (non-hydrogen) atoms. The van der Waals surface area contributed by atoms with Gasteiger partial charge in [-0.2, -0.15) is 0 Å². The fourth-order valence-corrected chi connectivity index (χ4v) is 3.58. The number of hydrogen-bond donors (Lipinski definition) is 2. The van der Waals surface area contributed by atoms with Crippen molar-refractivity contribution in [1.82, 2.24) is 15.2 Å². The number of nitrogens with one attached hydrogen (secondary N) is 2. The molecule has 0 bridgehead atoms. The van der Waals surface area contributed by atoms with Crippen molar-refractivity contribution in [3.05, 3.63) is 53.3 Å². The molecular formula is C20H23ClF2N4O2. The maximum absolute atomic E-state index is 12.9. The molecule has 0 radical (unpaired) electrons. The first-order valence-corrected chi connectivity index (χ1v) is 9.66. The number of rotatable bonds is 6. The monoisotopic (exact) mass is 424 g/mol. The minimum atomic E-state index is -2.41. The van der Waals surface area contributed by atoms with Crippen LogP contribution in [0.3, 0.4) is 0 Å². The van der Waals surface area contributed by atoms with Crippen LogP contribution in [0.25, 0.3) is 0 Å². The van der Waals surface area contributed by atoms with Crippen molar-refractivity contribution in [2.45, 2.75) is 24.8 Å². The molecular weight excluding hydrogens is 402 g/mol. The number of pyridine rings is 1. The minimum absolute atomic E-state index is 0.218. The van der Waals surface area contributed by atoms with Gasteiger partial charge in [0, 0.05) is 41.5 Å². The highest BCUT2D eigenvalue weighted by Gasteiger charge is 2.33. The molecule has 2 aromatic rings. The van der Waals surface area contributed by atoms with Gasteiger partial charge in [-0.25, -0.2) is 13.6 Å². The van der Waals surface area contributed by atoms with Gasteiger partial charge in [0.2, 0.25) is 0 Å². The summed E-state index contributed by atoms with van der Waals surface area (Å²) >= 11 is 5.86. The van der Waals surface area contributed by atoms with Crippen molar-refractivity contribution in [3.63, 3.8) is 0 Å². The van der Waals surface area contributed by atoms with Gasteiger partial charge in [-0.1, -0.05) is 11.6 Å². The molecule has 156 valence electrons. The molecule has 1 aliphatic rings. The van der Waals surface area contributed by atoms with E-state index < -0.39 is 6.43 Å². The van der Waals surface area contributed by atoms with Crippen LogP contribution in [0.2, 0.25) is 5.02 Å². The van der Waals surface area contributed by atoms with Crippen LogP contribution >= 0.6 is 11.6 Å². The Hall–Kier alpha value is -2.45. The van der Waals surface area contributed by atoms with Crippen LogP contribution < -0.4 is 15.4 Å². The van der Waals surface area contributed by atoms with Gasteiger partial charge in [-0.15, -0.1) is 0 Å². The number of hydrogen-bond acceptors (Lipinski definition) is 4. The number of likely N-dealkylation sites (tertiary alicyclic amines) is 1. The molecule has 1 aliphatic heterocycles. The number of nitrogens with zero attached hydrogens (tertiary/aromatic N) is 2. The first-order valence-electron chi connectivity index (χ1n) is 9.28. The van der Waals surface area contributed by atoms with E-state index >= 15 is 0 Å². The number of aromatic nitrogens is 1. The number of anilines is 1. The molecule has 9 heteroatoms. The Morgan fingerprint density at radius 1 is 1.31 bits per heavy atom. The molecule has 2 atom stereocenters. The lowest BCUT2D eigenvalue weighted by Gasteiger charge is -2.38. The molecule has 1 saturated heterocycles. The summed E-state index contributed by atoms with van der Waals surface area (Å²) < 4.78 is 30.9. The van der Waals surface area contributed by atoms with Crippen molar-refractivity contribution < 1.29 is 18.3 Å². The Kier molecular flexibility index (Phi) is 7.22. The van der Waals surface area contributed by atoms with Gasteiger partial charge in [-0.05, 0) is 42.8 Å². The zero-order valence-electron chi connectivity index (χ0n) is 15.9. The highest BCUT2D eigenvalue weighted by Crippen LogP contribution is 2.28. The van der Waals surface area contributed by atoms with Crippen molar-refractivity contribution in [2.75, 3.05) is 32.1 Å². The highest BCUT2D eigenvalue weighted by molar-refractivity contribution is 6.30. The largest absolute Gasteiger partial charge is 0.495 e. The highest BCUT2D eigenvalue weighted by atomic mass is 35.5. The Morgan fingerprint density at radius 3 is 2.69 bits per heavy atom. The lowest BCUT2D eigenvalue weighted by Crippen LogP contribution is -2.51. The van der Waals surface area contributed by atoms with E-state index in [0.717, 1.165) is 5.69 Å². The number of urea groups is 1. The SMILES string of the molecule is COc1ccc([C@@H]2CN(CC(F)F)CC[C@H]2NC(=O)Nc2ccc(Cl)cc2)nc1. The smallest absolute Gasteiger partial charge is 0.319 e. The third kappa shape index (κ3) is 6.01. The zero-order valence-corrected chi connectivity index (χ0v) is 16.7. The molecule has 1 aromatic heterocycles. The van der Waals surface area contributed by atoms with Gasteiger partial charge in [0.1, 0.15) is 5.75 Å². The molecule has 1 fully saturated rings. The number of piperidine rings is 1. The first kappa shape index (κ1) is 21.3. The van der Waals surface area contributed by atoms with E-state index in [1.165, 1.54) is 0 Å². The molecule has 1 aromatic carbocycles. The van der Waals surface area contributed by atoms with Crippen molar-refractivity contribution in [1.29, 1.82) is 0 Å². The van der Waals surface area contributed by atoms with E-state index in [0.29, 0.717) is 36.0 Å². The maximum Gasteiger partial charge on any atom is 0.319 e. The number of carbonyl (C=O) groups excluding carboxylic acids is 1. The van der Waals surface area contributed by atoms with E-state index in [-0.39, 0.29) is 24.5 Å². The van der Waals surface area contributed by atoms with E-state index in [1.54, 1.807) is 54.6 Å². The second-order valence-electron chi connectivity index (χ2n) is 6.88. The summed E-state index contributed by atoms with van der Waals surface area (Å²) in [6, 6.07) is 9.76. The van der Waals surface area contributed by atoms with Gasteiger partial charge in [0.05, 0.1) is 19.9 Å². The molecule has 2 heterocycles. The van der Waals surface area contributed by atoms with Gasteiger partial charge in [-0.3, -0.25) is 9.88 Å². The molecule has 0 spiro atoms. The standard InChI is InChI=1S/C20H23ClF2N4O2/c1-29-15-6-7-17(24-10-15)16-11-27(12-19(22)23)9-8-18(16)26-20(28)25-14-4-2-13(21)3-5-14/h2-7,10,16,18-19H,8-9,11-12H2,1H3,(H2,25,26,28)/t16-,18+/m0/s1. The number of alkyl halides is 2. The van der Waals surface area contributed by atoms with Gasteiger partial charge < -0.3 is 15.4 Å². The van der Waals surface area contributed by atoms with Crippen LogP contribution in [-0.2, 0) is 0 Å². The average Bonchev–Trinajstić information content (AvgIpc) is 2.70. The summed E-state index contributed by atoms with van der Waals surface area (Å²) in [5.74, 6) is 0.392. The van der Waals surface area contributed by atoms with E-state index in [9.17, 15) is 13.6 Å². The summed E-state index contributed by atoms with van der Waals surface area (Å²) in [7, 11) is 1.55. The molecule has 0 unspecified atom stereocenters. The van der Waals surface area contributed by atoms with Crippen molar-refractivity contribution in [3.8, 4) is 5.75 Å². The van der Waals surface area contributed by atoms with Crippen LogP contribution in [0.5, 0.6) is 5.75 Å². The fourth-order valence-electron chi connectivity index (χ4n) is 3.45. The normalized spacial score (nSPS) is 19.8. The quantitative estimate of drug-likeness (QED) is 0.736. The number of benzene rings is 1. The number of halogens is 3. The fraction of sp³-hybridized carbons (Fsp3) is 0.400. The van der Waals surface area contributed by atoms with Gasteiger partial charge in [0.15, 0.2) is 0 Å². The summed E-state index contributed by atoms with van der Waals surface area (Å²) in [6.45, 7) is 0.564. The number of ether oxygens (including phenoxy) is 1. The molecule has 2 amide bonds. The van der Waals surface area contributed by atoms with E-state index in [2.05, 4.69) is 15.6 Å². The number of methoxy groups -OCH3 is 1. The van der Waals surface area contributed by atoms with Gasteiger partial charge >= 0.3 is 6.03 Å². The van der Waals surface area contributed by atoms with Crippen LogP contribution in [0, 0.1) is 0 Å². The summed E-state index contributed by atoms with van der Waals surface area (Å²) in [5, 5.41) is 6.31. The topological polar surface area (TPSA) is 66.5 Å². The second-order valence-corrected chi connectivity index (χ2v) is 7.32. The van der Waals surface area contributed by atoms with Crippen LogP contribution in [0.4, 0.5) is 19.3 Å². The third-order valence-electron chi connectivity index (χ3n) is 4.89. The number of amides is 2. The Morgan fingerprint density at radius 2 is 2.07 bits per heavy atom. The average molecular weight is 425 g/mol. The van der Waals surface area contributed by atoms with Crippen LogP contribution in [-0.4, -0.2) is 55.1 Å². The van der Waals surface area contributed by atoms with Crippen LogP contribution in [0.15, 0.2) is 42.6 Å². The molecule has 6 nitrogen and oxygen atoms in total. The predicted octanol–water partition coefficient (Wildman–Crippen LogP) is 3.99. The second kappa shape index (κ2) is 9.84. The van der Waals surface area contributed by atoms with E-state index in [4.69, 9.17) is 16.3 Å². The first-order chi connectivity index (χ1) is 13.9. The molecule has 0 saturated carbocycles. The summed E-state index contributed by atoms with van der Waals surface area (Å²) in [5.41, 5.74) is 1.34.